The van der Waals surface area contributed by atoms with Crippen molar-refractivity contribution in [1.82, 2.24) is 4.90 Å². The number of likely N-dealkylation sites (tertiary alicyclic amines) is 1. The third-order valence-corrected chi connectivity index (χ3v) is 2.93. The highest BCUT2D eigenvalue weighted by Gasteiger charge is 2.43. The molecular weight excluding hydrogens is 162 g/mol. The summed E-state index contributed by atoms with van der Waals surface area (Å²) in [6, 6.07) is 0.452. The smallest absolute Gasteiger partial charge is 0.231 e. The molecule has 2 nitrogen and oxygen atoms in total. The second-order valence-corrected chi connectivity index (χ2v) is 4.08. The molecule has 1 aliphatic carbocycles. The van der Waals surface area contributed by atoms with Crippen LogP contribution in [0.3, 0.4) is 0 Å². The summed E-state index contributed by atoms with van der Waals surface area (Å²) in [7, 11) is 0. The third-order valence-electron chi connectivity index (χ3n) is 2.93. The summed E-state index contributed by atoms with van der Waals surface area (Å²) in [6.45, 7) is 8.12. The highest BCUT2D eigenvalue weighted by Crippen LogP contribution is 2.37. The summed E-state index contributed by atoms with van der Waals surface area (Å²) < 4.78 is 0. The zero-order valence-electron chi connectivity index (χ0n) is 8.16. The quantitative estimate of drug-likeness (QED) is 0.559. The molecule has 2 atom stereocenters. The van der Waals surface area contributed by atoms with Gasteiger partial charge in [-0.25, -0.2) is 0 Å². The molecule has 2 aliphatic rings. The molecule has 2 unspecified atom stereocenters. The molecule has 2 rings (SSSR count). The SMILES string of the molecule is C=C1C2CC=CC1N(C(C)C)C2=O. The number of allylic oxidation sites excluding steroid dienone is 1. The zero-order valence-corrected chi connectivity index (χ0v) is 8.16. The van der Waals surface area contributed by atoms with E-state index in [1.165, 1.54) is 0 Å². The topological polar surface area (TPSA) is 20.3 Å². The molecule has 1 saturated heterocycles. The summed E-state index contributed by atoms with van der Waals surface area (Å²) in [6.07, 6.45) is 5.05. The number of nitrogens with zero attached hydrogens (tertiary/aromatic N) is 1. The van der Waals surface area contributed by atoms with E-state index in [4.69, 9.17) is 0 Å². The van der Waals surface area contributed by atoms with Crippen LogP contribution in [0.4, 0.5) is 0 Å². The van der Waals surface area contributed by atoms with Gasteiger partial charge in [-0.2, -0.15) is 0 Å². The lowest BCUT2D eigenvalue weighted by Crippen LogP contribution is -2.38. The molecule has 0 aromatic carbocycles. The Morgan fingerprint density at radius 2 is 2.31 bits per heavy atom. The molecule has 0 N–H and O–H groups in total. The summed E-state index contributed by atoms with van der Waals surface area (Å²) in [5, 5.41) is 0. The van der Waals surface area contributed by atoms with Crippen molar-refractivity contribution in [2.24, 2.45) is 5.92 Å². The lowest BCUT2D eigenvalue weighted by Gasteiger charge is -2.26. The van der Waals surface area contributed by atoms with Crippen LogP contribution in [0.2, 0.25) is 0 Å². The normalized spacial score (nSPS) is 32.1. The first-order chi connectivity index (χ1) is 6.13. The molecule has 1 fully saturated rings. The van der Waals surface area contributed by atoms with E-state index in [2.05, 4.69) is 32.6 Å². The van der Waals surface area contributed by atoms with Crippen molar-refractivity contribution in [2.75, 3.05) is 0 Å². The predicted octanol–water partition coefficient (Wildman–Crippen LogP) is 1.74. The van der Waals surface area contributed by atoms with Crippen LogP contribution >= 0.6 is 0 Å². The van der Waals surface area contributed by atoms with E-state index < -0.39 is 0 Å². The number of fused-ring (bicyclic) bond motifs is 2. The average Bonchev–Trinajstić information content (AvgIpc) is 2.24. The van der Waals surface area contributed by atoms with Crippen LogP contribution in [-0.4, -0.2) is 22.9 Å². The van der Waals surface area contributed by atoms with Gasteiger partial charge in [0.25, 0.3) is 0 Å². The van der Waals surface area contributed by atoms with E-state index in [1.54, 1.807) is 0 Å². The van der Waals surface area contributed by atoms with Gasteiger partial charge in [-0.15, -0.1) is 0 Å². The van der Waals surface area contributed by atoms with Crippen molar-refractivity contribution in [3.8, 4) is 0 Å². The Balaban J connectivity index is 2.38. The Labute approximate surface area is 78.9 Å². The van der Waals surface area contributed by atoms with E-state index in [1.807, 2.05) is 4.90 Å². The zero-order chi connectivity index (χ0) is 9.59. The fraction of sp³-hybridized carbons (Fsp3) is 0.545. The lowest BCUT2D eigenvalue weighted by molar-refractivity contribution is -0.132. The monoisotopic (exact) mass is 177 g/mol. The van der Waals surface area contributed by atoms with Crippen LogP contribution in [0.25, 0.3) is 0 Å². The van der Waals surface area contributed by atoms with Gasteiger partial charge in [0, 0.05) is 6.04 Å². The maximum Gasteiger partial charge on any atom is 0.231 e. The van der Waals surface area contributed by atoms with Gasteiger partial charge in [0.2, 0.25) is 5.91 Å². The largest absolute Gasteiger partial charge is 0.330 e. The number of hydrogen-bond donors (Lipinski definition) is 0. The van der Waals surface area contributed by atoms with Gasteiger partial charge in [-0.05, 0) is 25.8 Å². The van der Waals surface area contributed by atoms with Gasteiger partial charge < -0.3 is 4.90 Å². The molecule has 0 spiro atoms. The van der Waals surface area contributed by atoms with Crippen molar-refractivity contribution in [1.29, 1.82) is 0 Å². The molecule has 1 heterocycles. The number of amides is 1. The number of carbonyl (C=O) groups is 1. The minimum Gasteiger partial charge on any atom is -0.330 e. The first-order valence-corrected chi connectivity index (χ1v) is 4.80. The van der Waals surface area contributed by atoms with Gasteiger partial charge in [0.05, 0.1) is 12.0 Å². The van der Waals surface area contributed by atoms with Gasteiger partial charge in [-0.3, -0.25) is 4.79 Å². The number of hydrogen-bond acceptors (Lipinski definition) is 1. The maximum absolute atomic E-state index is 11.9. The summed E-state index contributed by atoms with van der Waals surface area (Å²) in [5.41, 5.74) is 1.08. The molecular formula is C11H15NO. The fourth-order valence-electron chi connectivity index (χ4n) is 2.25. The molecule has 1 aliphatic heterocycles. The molecule has 1 amide bonds. The van der Waals surface area contributed by atoms with E-state index in [0.717, 1.165) is 12.0 Å². The standard InChI is InChI=1S/C11H15NO/c1-7(2)12-10-6-4-5-9(8(10)3)11(12)13/h4,6-7,9-10H,3,5H2,1-2H3. The summed E-state index contributed by atoms with van der Waals surface area (Å²) in [4.78, 5) is 13.8. The Hall–Kier alpha value is -1.05. The summed E-state index contributed by atoms with van der Waals surface area (Å²) in [5.74, 6) is 0.326. The second-order valence-electron chi connectivity index (χ2n) is 4.08. The molecule has 13 heavy (non-hydrogen) atoms. The lowest BCUT2D eigenvalue weighted by atomic mass is 9.91. The first-order valence-electron chi connectivity index (χ1n) is 4.80. The number of rotatable bonds is 1. The Kier molecular flexibility index (Phi) is 1.79. The number of carbonyl (C=O) groups excluding carboxylic acids is 1. The predicted molar refractivity (Wildman–Crippen MR) is 52.2 cm³/mol. The van der Waals surface area contributed by atoms with Crippen LogP contribution in [-0.2, 0) is 4.79 Å². The van der Waals surface area contributed by atoms with Crippen LogP contribution in [0.15, 0.2) is 24.3 Å². The van der Waals surface area contributed by atoms with Gasteiger partial charge >= 0.3 is 0 Å². The van der Waals surface area contributed by atoms with Gasteiger partial charge in [0.15, 0.2) is 0 Å². The molecule has 0 aromatic rings. The Bertz CT molecular complexity index is 290. The van der Waals surface area contributed by atoms with Crippen molar-refractivity contribution >= 4 is 5.91 Å². The Morgan fingerprint density at radius 1 is 1.62 bits per heavy atom. The molecule has 2 bridgehead atoms. The molecule has 0 aromatic heterocycles. The van der Waals surface area contributed by atoms with E-state index in [-0.39, 0.29) is 23.9 Å². The molecule has 70 valence electrons. The van der Waals surface area contributed by atoms with Crippen LogP contribution in [0.5, 0.6) is 0 Å². The van der Waals surface area contributed by atoms with Gasteiger partial charge in [-0.1, -0.05) is 18.7 Å². The van der Waals surface area contributed by atoms with Crippen LogP contribution < -0.4 is 0 Å². The summed E-state index contributed by atoms with van der Waals surface area (Å²) >= 11 is 0. The highest BCUT2D eigenvalue weighted by atomic mass is 16.2. The van der Waals surface area contributed by atoms with Crippen molar-refractivity contribution in [3.05, 3.63) is 24.3 Å². The van der Waals surface area contributed by atoms with Gasteiger partial charge in [0.1, 0.15) is 0 Å². The van der Waals surface area contributed by atoms with Crippen molar-refractivity contribution in [2.45, 2.75) is 32.4 Å². The maximum atomic E-state index is 11.9. The minimum absolute atomic E-state index is 0.0670. The first kappa shape index (κ1) is 8.54. The van der Waals surface area contributed by atoms with Crippen molar-refractivity contribution in [3.63, 3.8) is 0 Å². The van der Waals surface area contributed by atoms with E-state index >= 15 is 0 Å². The Morgan fingerprint density at radius 3 is 2.85 bits per heavy atom. The van der Waals surface area contributed by atoms with Crippen LogP contribution in [0, 0.1) is 5.92 Å². The van der Waals surface area contributed by atoms with Crippen LogP contribution in [0.1, 0.15) is 20.3 Å². The molecule has 0 saturated carbocycles. The van der Waals surface area contributed by atoms with Crippen molar-refractivity contribution < 1.29 is 4.79 Å². The molecule has 2 heteroatoms. The molecule has 0 radical (unpaired) electrons. The highest BCUT2D eigenvalue weighted by molar-refractivity contribution is 5.87. The third kappa shape index (κ3) is 1.05. The minimum atomic E-state index is 0.0670. The van der Waals surface area contributed by atoms with E-state index in [0.29, 0.717) is 0 Å². The second kappa shape index (κ2) is 2.72. The average molecular weight is 177 g/mol. The van der Waals surface area contributed by atoms with E-state index in [9.17, 15) is 4.79 Å². The fourth-order valence-corrected chi connectivity index (χ4v) is 2.25.